The molecule has 0 aromatic carbocycles. The average Bonchev–Trinajstić information content (AvgIpc) is 3.05. The van der Waals surface area contributed by atoms with Gasteiger partial charge < -0.3 is 14.4 Å². The maximum absolute atomic E-state index is 12.6. The molecule has 1 aliphatic rings. The van der Waals surface area contributed by atoms with Gasteiger partial charge in [0.25, 0.3) is 0 Å². The molecular formula is C18H26N6O. The number of carbonyl (C=O) groups excluding carboxylic acids is 1. The maximum Gasteiger partial charge on any atom is 0.224 e. The van der Waals surface area contributed by atoms with E-state index in [9.17, 15) is 4.79 Å². The van der Waals surface area contributed by atoms with Gasteiger partial charge in [-0.1, -0.05) is 6.92 Å². The zero-order chi connectivity index (χ0) is 18.0. The molecule has 0 radical (unpaired) electrons. The molecule has 25 heavy (non-hydrogen) atoms. The van der Waals surface area contributed by atoms with Crippen LogP contribution in [-0.4, -0.2) is 51.0 Å². The number of fused-ring (bicyclic) bond motifs is 1. The average molecular weight is 342 g/mol. The number of aryl methyl sites for hydroxylation is 3. The first kappa shape index (κ1) is 17.4. The van der Waals surface area contributed by atoms with Crippen LogP contribution in [0.5, 0.6) is 0 Å². The standard InChI is InChI=1S/C18H26N6O/c1-5-16-19-8-11-23(16)10-7-17(25)24-9-6-14-15(12-24)20-13(2)21-18(14)22(3)4/h8,11H,5-7,9-10,12H2,1-4H3. The van der Waals surface area contributed by atoms with Crippen LogP contribution in [0.1, 0.15) is 36.3 Å². The Bertz CT molecular complexity index is 767. The van der Waals surface area contributed by atoms with E-state index in [0.29, 0.717) is 19.5 Å². The van der Waals surface area contributed by atoms with E-state index in [4.69, 9.17) is 0 Å². The summed E-state index contributed by atoms with van der Waals surface area (Å²) in [6.07, 6.45) is 5.91. The van der Waals surface area contributed by atoms with Crippen molar-refractivity contribution in [2.75, 3.05) is 25.5 Å². The number of carbonyl (C=O) groups is 1. The summed E-state index contributed by atoms with van der Waals surface area (Å²) in [5.74, 6) is 2.92. The third kappa shape index (κ3) is 3.65. The van der Waals surface area contributed by atoms with Crippen LogP contribution >= 0.6 is 0 Å². The van der Waals surface area contributed by atoms with Gasteiger partial charge in [-0.25, -0.2) is 15.0 Å². The van der Waals surface area contributed by atoms with Crippen molar-refractivity contribution in [2.45, 2.75) is 46.2 Å². The molecule has 0 unspecified atom stereocenters. The molecule has 134 valence electrons. The molecule has 0 fully saturated rings. The fraction of sp³-hybridized carbons (Fsp3) is 0.556. The van der Waals surface area contributed by atoms with Crippen LogP contribution in [-0.2, 0) is 30.7 Å². The summed E-state index contributed by atoms with van der Waals surface area (Å²) in [5, 5.41) is 0. The number of hydrogen-bond acceptors (Lipinski definition) is 5. The van der Waals surface area contributed by atoms with E-state index in [1.165, 1.54) is 5.56 Å². The van der Waals surface area contributed by atoms with Gasteiger partial charge >= 0.3 is 0 Å². The highest BCUT2D eigenvalue weighted by Gasteiger charge is 2.25. The van der Waals surface area contributed by atoms with Crippen molar-refractivity contribution in [2.24, 2.45) is 0 Å². The van der Waals surface area contributed by atoms with E-state index in [0.717, 1.165) is 42.5 Å². The molecule has 0 N–H and O–H groups in total. The molecule has 0 atom stereocenters. The van der Waals surface area contributed by atoms with E-state index < -0.39 is 0 Å². The summed E-state index contributed by atoms with van der Waals surface area (Å²) in [6, 6.07) is 0. The quantitative estimate of drug-likeness (QED) is 0.825. The second-order valence-electron chi connectivity index (χ2n) is 6.62. The Kier molecular flexibility index (Phi) is 5.01. The van der Waals surface area contributed by atoms with E-state index >= 15 is 0 Å². The number of imidazole rings is 1. The molecule has 2 aromatic heterocycles. The van der Waals surface area contributed by atoms with Gasteiger partial charge in [0.05, 0.1) is 12.2 Å². The summed E-state index contributed by atoms with van der Waals surface area (Å²) in [5.41, 5.74) is 2.15. The lowest BCUT2D eigenvalue weighted by Gasteiger charge is -2.30. The molecule has 3 rings (SSSR count). The molecule has 2 aromatic rings. The third-order valence-electron chi connectivity index (χ3n) is 4.62. The molecular weight excluding hydrogens is 316 g/mol. The van der Waals surface area contributed by atoms with Crippen LogP contribution in [0.2, 0.25) is 0 Å². The summed E-state index contributed by atoms with van der Waals surface area (Å²) in [7, 11) is 3.99. The second kappa shape index (κ2) is 7.21. The van der Waals surface area contributed by atoms with Crippen LogP contribution in [0.25, 0.3) is 0 Å². The zero-order valence-electron chi connectivity index (χ0n) is 15.5. The normalized spacial score (nSPS) is 13.7. The van der Waals surface area contributed by atoms with Gasteiger partial charge in [-0.2, -0.15) is 0 Å². The van der Waals surface area contributed by atoms with Crippen LogP contribution < -0.4 is 4.90 Å². The van der Waals surface area contributed by atoms with Crippen molar-refractivity contribution in [3.8, 4) is 0 Å². The largest absolute Gasteiger partial charge is 0.362 e. The van der Waals surface area contributed by atoms with E-state index in [-0.39, 0.29) is 5.91 Å². The second-order valence-corrected chi connectivity index (χ2v) is 6.62. The smallest absolute Gasteiger partial charge is 0.224 e. The van der Waals surface area contributed by atoms with E-state index in [1.807, 2.05) is 37.0 Å². The number of nitrogens with zero attached hydrogens (tertiary/aromatic N) is 6. The maximum atomic E-state index is 12.6. The Balaban J connectivity index is 1.69. The van der Waals surface area contributed by atoms with Gasteiger partial charge in [0.1, 0.15) is 17.5 Å². The Morgan fingerprint density at radius 3 is 2.84 bits per heavy atom. The fourth-order valence-electron chi connectivity index (χ4n) is 3.35. The molecule has 3 heterocycles. The minimum absolute atomic E-state index is 0.170. The lowest BCUT2D eigenvalue weighted by molar-refractivity contribution is -0.132. The number of hydrogen-bond donors (Lipinski definition) is 0. The summed E-state index contributed by atoms with van der Waals surface area (Å²) < 4.78 is 2.06. The van der Waals surface area contributed by atoms with Crippen molar-refractivity contribution in [3.05, 3.63) is 35.3 Å². The highest BCUT2D eigenvalue weighted by atomic mass is 16.2. The Labute approximate surface area is 148 Å². The van der Waals surface area contributed by atoms with Gasteiger partial charge in [0, 0.05) is 58.0 Å². The van der Waals surface area contributed by atoms with Crippen molar-refractivity contribution in [1.82, 2.24) is 24.4 Å². The van der Waals surface area contributed by atoms with Gasteiger partial charge in [0.15, 0.2) is 0 Å². The lowest BCUT2D eigenvalue weighted by atomic mass is 10.0. The minimum atomic E-state index is 0.170. The SMILES string of the molecule is CCc1nccn1CCC(=O)N1CCc2c(nc(C)nc2N(C)C)C1. The predicted octanol–water partition coefficient (Wildman–Crippen LogP) is 1.58. The van der Waals surface area contributed by atoms with Gasteiger partial charge in [-0.05, 0) is 13.3 Å². The van der Waals surface area contributed by atoms with Gasteiger partial charge in [-0.15, -0.1) is 0 Å². The molecule has 0 aliphatic carbocycles. The first-order valence-electron chi connectivity index (χ1n) is 8.81. The topological polar surface area (TPSA) is 67.2 Å². The number of amides is 1. The van der Waals surface area contributed by atoms with Crippen molar-refractivity contribution < 1.29 is 4.79 Å². The van der Waals surface area contributed by atoms with Crippen molar-refractivity contribution >= 4 is 11.7 Å². The Hall–Kier alpha value is -2.44. The molecule has 1 aliphatic heterocycles. The van der Waals surface area contributed by atoms with Gasteiger partial charge in [0.2, 0.25) is 5.91 Å². The number of anilines is 1. The van der Waals surface area contributed by atoms with Crippen LogP contribution in [0.4, 0.5) is 5.82 Å². The first-order valence-corrected chi connectivity index (χ1v) is 8.81. The highest BCUT2D eigenvalue weighted by Crippen LogP contribution is 2.25. The summed E-state index contributed by atoms with van der Waals surface area (Å²) in [6.45, 7) is 5.95. The molecule has 0 bridgehead atoms. The minimum Gasteiger partial charge on any atom is -0.362 e. The van der Waals surface area contributed by atoms with Crippen molar-refractivity contribution in [3.63, 3.8) is 0 Å². The van der Waals surface area contributed by atoms with Crippen LogP contribution in [0, 0.1) is 6.92 Å². The highest BCUT2D eigenvalue weighted by molar-refractivity contribution is 5.76. The molecule has 1 amide bonds. The molecule has 7 nitrogen and oxygen atoms in total. The van der Waals surface area contributed by atoms with E-state index in [1.54, 1.807) is 6.20 Å². The molecule has 0 saturated carbocycles. The van der Waals surface area contributed by atoms with Crippen molar-refractivity contribution in [1.29, 1.82) is 0 Å². The molecule has 0 spiro atoms. The predicted molar refractivity (Wildman–Crippen MR) is 96.4 cm³/mol. The molecule has 0 saturated heterocycles. The van der Waals surface area contributed by atoms with Crippen LogP contribution in [0.15, 0.2) is 12.4 Å². The molecule has 7 heteroatoms. The van der Waals surface area contributed by atoms with Gasteiger partial charge in [-0.3, -0.25) is 4.79 Å². The Morgan fingerprint density at radius 1 is 1.32 bits per heavy atom. The number of aromatic nitrogens is 4. The third-order valence-corrected chi connectivity index (χ3v) is 4.62. The monoisotopic (exact) mass is 342 g/mol. The first-order chi connectivity index (χ1) is 12.0. The summed E-state index contributed by atoms with van der Waals surface area (Å²) >= 11 is 0. The van der Waals surface area contributed by atoms with E-state index in [2.05, 4.69) is 26.4 Å². The zero-order valence-corrected chi connectivity index (χ0v) is 15.5. The fourth-order valence-corrected chi connectivity index (χ4v) is 3.35. The van der Waals surface area contributed by atoms with Crippen LogP contribution in [0.3, 0.4) is 0 Å². The summed E-state index contributed by atoms with van der Waals surface area (Å²) in [4.78, 5) is 30.0. The Morgan fingerprint density at radius 2 is 2.12 bits per heavy atom. The number of rotatable bonds is 5. The lowest BCUT2D eigenvalue weighted by Crippen LogP contribution is -2.38.